The van der Waals surface area contributed by atoms with Crippen LogP contribution < -0.4 is 4.74 Å². The van der Waals surface area contributed by atoms with Gasteiger partial charge < -0.3 is 14.6 Å². The first-order valence-electron chi connectivity index (χ1n) is 8.78. The number of aliphatic carboxylic acids is 1. The van der Waals surface area contributed by atoms with Gasteiger partial charge in [0.2, 0.25) is 5.88 Å². The van der Waals surface area contributed by atoms with Crippen molar-refractivity contribution in [1.82, 2.24) is 9.88 Å². The van der Waals surface area contributed by atoms with E-state index in [9.17, 15) is 14.7 Å². The lowest BCUT2D eigenvalue weighted by Crippen LogP contribution is -2.43. The summed E-state index contributed by atoms with van der Waals surface area (Å²) in [5.41, 5.74) is 1.40. The molecule has 7 heteroatoms. The van der Waals surface area contributed by atoms with Gasteiger partial charge in [-0.15, -0.1) is 0 Å². The number of carbonyl (C=O) groups excluding carboxylic acids is 1. The van der Waals surface area contributed by atoms with Crippen LogP contribution in [0.25, 0.3) is 6.08 Å². The van der Waals surface area contributed by atoms with Crippen molar-refractivity contribution in [2.45, 2.75) is 57.8 Å². The molecule has 140 valence electrons. The smallest absolute Gasteiger partial charge is 0.411 e. The molecule has 0 radical (unpaired) electrons. The molecule has 1 aromatic rings. The van der Waals surface area contributed by atoms with Crippen LogP contribution in [-0.2, 0) is 16.0 Å². The van der Waals surface area contributed by atoms with Crippen molar-refractivity contribution >= 4 is 18.1 Å². The van der Waals surface area contributed by atoms with Gasteiger partial charge in [-0.2, -0.15) is 0 Å². The predicted molar refractivity (Wildman–Crippen MR) is 95.0 cm³/mol. The van der Waals surface area contributed by atoms with E-state index in [4.69, 9.17) is 9.47 Å². The van der Waals surface area contributed by atoms with Crippen LogP contribution in [0.1, 0.15) is 44.7 Å². The number of rotatable bonds is 3. The molecule has 0 bridgehead atoms. The van der Waals surface area contributed by atoms with Crippen molar-refractivity contribution in [1.29, 1.82) is 0 Å². The first-order chi connectivity index (χ1) is 12.2. The minimum atomic E-state index is -1.06. The zero-order valence-electron chi connectivity index (χ0n) is 15.3. The monoisotopic (exact) mass is 360 g/mol. The Hall–Kier alpha value is -2.57. The van der Waals surface area contributed by atoms with Crippen LogP contribution >= 0.6 is 0 Å². The summed E-state index contributed by atoms with van der Waals surface area (Å²) in [6.45, 7) is 5.41. The van der Waals surface area contributed by atoms with E-state index in [-0.39, 0.29) is 13.0 Å². The number of nitrogens with zero attached hydrogens (tertiary/aromatic N) is 2. The third-order valence-electron chi connectivity index (χ3n) is 4.36. The average molecular weight is 360 g/mol. The molecule has 2 atom stereocenters. The maximum absolute atomic E-state index is 12.4. The molecule has 1 aromatic heterocycles. The summed E-state index contributed by atoms with van der Waals surface area (Å²) in [7, 11) is 0. The van der Waals surface area contributed by atoms with Gasteiger partial charge in [0.15, 0.2) is 0 Å². The van der Waals surface area contributed by atoms with Gasteiger partial charge in [-0.1, -0.05) is 12.2 Å². The number of hydrogen-bond acceptors (Lipinski definition) is 5. The van der Waals surface area contributed by atoms with Crippen molar-refractivity contribution in [3.05, 3.63) is 29.5 Å². The molecule has 0 saturated carbocycles. The highest BCUT2D eigenvalue weighted by atomic mass is 16.6. The highest BCUT2D eigenvalue weighted by Gasteiger charge is 2.43. The number of carboxylic acid groups (broad SMARTS) is 1. The minimum Gasteiger partial charge on any atom is -0.480 e. The Morgan fingerprint density at radius 1 is 1.35 bits per heavy atom. The van der Waals surface area contributed by atoms with Gasteiger partial charge in [0.25, 0.3) is 0 Å². The molecule has 1 aliphatic carbocycles. The Morgan fingerprint density at radius 3 is 2.81 bits per heavy atom. The van der Waals surface area contributed by atoms with E-state index < -0.39 is 29.8 Å². The molecule has 1 unspecified atom stereocenters. The summed E-state index contributed by atoms with van der Waals surface area (Å²) < 4.78 is 11.3. The van der Waals surface area contributed by atoms with Gasteiger partial charge in [-0.25, -0.2) is 14.6 Å². The highest BCUT2D eigenvalue weighted by Crippen LogP contribution is 2.30. The average Bonchev–Trinajstić information content (AvgIpc) is 2.98. The Balaban J connectivity index is 1.75. The molecule has 2 heterocycles. The third kappa shape index (κ3) is 3.98. The van der Waals surface area contributed by atoms with Crippen molar-refractivity contribution in [3.63, 3.8) is 0 Å². The summed E-state index contributed by atoms with van der Waals surface area (Å²) in [5, 5.41) is 9.48. The van der Waals surface area contributed by atoms with Crippen LogP contribution in [0.5, 0.6) is 5.88 Å². The molecule has 1 N–H and O–H groups in total. The molecule has 3 rings (SSSR count). The second-order valence-electron chi connectivity index (χ2n) is 7.59. The van der Waals surface area contributed by atoms with Gasteiger partial charge in [0, 0.05) is 18.2 Å². The Labute approximate surface area is 152 Å². The van der Waals surface area contributed by atoms with Crippen LogP contribution in [-0.4, -0.2) is 51.3 Å². The standard InChI is InChI=1S/C19H24N2O5/c1-19(2,3)26-18(24)21-11-13(10-15(21)17(22)23)25-16-14-7-5-4-6-12(14)8-9-20-16/h4,6,8-9,13,15H,5,7,10-11H2,1-3H3,(H,22,23)/t13?,15-/m0/s1. The SMILES string of the molecule is CC(C)(C)OC(=O)N1CC(Oc2nccc3c2CCC=C3)C[C@H]1C(=O)O. The van der Waals surface area contributed by atoms with E-state index >= 15 is 0 Å². The van der Waals surface area contributed by atoms with Crippen LogP contribution in [0, 0.1) is 0 Å². The lowest BCUT2D eigenvalue weighted by Gasteiger charge is -2.26. The fourth-order valence-electron chi connectivity index (χ4n) is 3.23. The molecule has 7 nitrogen and oxygen atoms in total. The van der Waals surface area contributed by atoms with Crippen molar-refractivity contribution < 1.29 is 24.2 Å². The van der Waals surface area contributed by atoms with E-state index in [0.717, 1.165) is 24.0 Å². The summed E-state index contributed by atoms with van der Waals surface area (Å²) in [6.07, 6.45) is 6.70. The summed E-state index contributed by atoms with van der Waals surface area (Å²) in [4.78, 5) is 29.5. The maximum atomic E-state index is 12.4. The fraction of sp³-hybridized carbons (Fsp3) is 0.526. The minimum absolute atomic E-state index is 0.160. The van der Waals surface area contributed by atoms with Gasteiger partial charge in [0.1, 0.15) is 17.7 Å². The van der Waals surface area contributed by atoms with Crippen LogP contribution in [0.3, 0.4) is 0 Å². The number of amides is 1. The van der Waals surface area contributed by atoms with E-state index in [0.29, 0.717) is 5.88 Å². The second kappa shape index (κ2) is 6.97. The van der Waals surface area contributed by atoms with Gasteiger partial charge in [-0.05, 0) is 45.2 Å². The number of hydrogen-bond donors (Lipinski definition) is 1. The number of ether oxygens (including phenoxy) is 2. The Kier molecular flexibility index (Phi) is 4.89. The van der Waals surface area contributed by atoms with Crippen LogP contribution in [0.4, 0.5) is 4.79 Å². The second-order valence-corrected chi connectivity index (χ2v) is 7.59. The number of aromatic nitrogens is 1. The molecular weight excluding hydrogens is 336 g/mol. The Morgan fingerprint density at radius 2 is 2.12 bits per heavy atom. The molecule has 0 spiro atoms. The van der Waals surface area contributed by atoms with Gasteiger partial charge in [0.05, 0.1) is 6.54 Å². The number of likely N-dealkylation sites (tertiary alicyclic amines) is 1. The van der Waals surface area contributed by atoms with Crippen molar-refractivity contribution in [2.75, 3.05) is 6.54 Å². The molecule has 1 aliphatic heterocycles. The lowest BCUT2D eigenvalue weighted by atomic mass is 9.99. The molecular formula is C19H24N2O5. The predicted octanol–water partition coefficient (Wildman–Crippen LogP) is 2.88. The number of pyridine rings is 1. The fourth-order valence-corrected chi connectivity index (χ4v) is 3.23. The third-order valence-corrected chi connectivity index (χ3v) is 4.36. The maximum Gasteiger partial charge on any atom is 0.411 e. The summed E-state index contributed by atoms with van der Waals surface area (Å²) in [5.74, 6) is -0.542. The van der Waals surface area contributed by atoms with E-state index in [1.807, 2.05) is 12.1 Å². The summed E-state index contributed by atoms with van der Waals surface area (Å²) >= 11 is 0. The zero-order valence-corrected chi connectivity index (χ0v) is 15.3. The topological polar surface area (TPSA) is 89.0 Å². The summed E-state index contributed by atoms with van der Waals surface area (Å²) in [6, 6.07) is 0.966. The molecule has 2 aliphatic rings. The molecule has 0 aromatic carbocycles. The van der Waals surface area contributed by atoms with Crippen LogP contribution in [0.15, 0.2) is 18.3 Å². The number of allylic oxidation sites excluding steroid dienone is 1. The van der Waals surface area contributed by atoms with E-state index in [1.54, 1.807) is 27.0 Å². The van der Waals surface area contributed by atoms with Crippen molar-refractivity contribution in [2.24, 2.45) is 0 Å². The molecule has 1 saturated heterocycles. The number of fused-ring (bicyclic) bond motifs is 1. The first-order valence-corrected chi connectivity index (χ1v) is 8.78. The zero-order chi connectivity index (χ0) is 18.9. The molecule has 1 amide bonds. The number of carboxylic acids is 1. The van der Waals surface area contributed by atoms with Crippen LogP contribution in [0.2, 0.25) is 0 Å². The quantitative estimate of drug-likeness (QED) is 0.891. The van der Waals surface area contributed by atoms with Crippen molar-refractivity contribution in [3.8, 4) is 5.88 Å². The largest absolute Gasteiger partial charge is 0.480 e. The highest BCUT2D eigenvalue weighted by molar-refractivity contribution is 5.81. The van der Waals surface area contributed by atoms with Gasteiger partial charge >= 0.3 is 12.1 Å². The molecule has 26 heavy (non-hydrogen) atoms. The van der Waals surface area contributed by atoms with Gasteiger partial charge in [-0.3, -0.25) is 4.90 Å². The lowest BCUT2D eigenvalue weighted by molar-refractivity contribution is -0.142. The number of carbonyl (C=O) groups is 2. The first kappa shape index (κ1) is 18.2. The molecule has 1 fully saturated rings. The Bertz CT molecular complexity index is 738. The normalized spacial score (nSPS) is 22.0. The van der Waals surface area contributed by atoms with E-state index in [2.05, 4.69) is 11.1 Å². The van der Waals surface area contributed by atoms with E-state index in [1.165, 1.54) is 4.90 Å².